The fourth-order valence-electron chi connectivity index (χ4n) is 6.43. The van der Waals surface area contributed by atoms with Gasteiger partial charge in [0.15, 0.2) is 5.01 Å². The Morgan fingerprint density at radius 2 is 1.76 bits per heavy atom. The molecule has 2 N–H and O–H groups in total. The van der Waals surface area contributed by atoms with Crippen LogP contribution in [0, 0.1) is 5.82 Å². The number of nitrogens with zero attached hydrogens (tertiary/aromatic N) is 3. The van der Waals surface area contributed by atoms with E-state index >= 15 is 8.78 Å². The molecule has 0 aliphatic heterocycles. The van der Waals surface area contributed by atoms with Crippen molar-refractivity contribution in [1.29, 1.82) is 0 Å². The quantitative estimate of drug-likeness (QED) is 0.198. The molecule has 2 atom stereocenters. The molecule has 7 rings (SSSR count). The van der Waals surface area contributed by atoms with Gasteiger partial charge in [-0.25, -0.2) is 27.5 Å². The predicted molar refractivity (Wildman–Crippen MR) is 168 cm³/mol. The monoisotopic (exact) mass is 643 g/mol. The lowest BCUT2D eigenvalue weighted by molar-refractivity contribution is -0.0715. The Morgan fingerprint density at radius 1 is 1.04 bits per heavy atom. The molecule has 3 heterocycles. The number of alkyl carbamates (subject to hydrolysis) is 1. The highest BCUT2D eigenvalue weighted by atomic mass is 32.1. The van der Waals surface area contributed by atoms with E-state index in [9.17, 15) is 14.0 Å². The van der Waals surface area contributed by atoms with Crippen LogP contribution in [-0.4, -0.2) is 51.2 Å². The largest absolute Gasteiger partial charge is 0.449 e. The molecule has 3 aromatic heterocycles. The van der Waals surface area contributed by atoms with Gasteiger partial charge in [0.25, 0.3) is 11.8 Å². The SMILES string of the molecule is C=Cc1sc(C(=O)N[C@@H]2C(NC(=O)OCC3c4ccccc4-c4ccccc43)CCCC2(F)F)nc1-c1cnn2cc(F)ccc12. The first kappa shape index (κ1) is 29.7. The molecule has 1 saturated carbocycles. The van der Waals surface area contributed by atoms with Crippen molar-refractivity contribution in [2.24, 2.45) is 0 Å². The number of thiazole rings is 1. The minimum absolute atomic E-state index is 0.0302. The second kappa shape index (κ2) is 11.8. The van der Waals surface area contributed by atoms with E-state index in [1.165, 1.54) is 35.1 Å². The molecule has 0 spiro atoms. The summed E-state index contributed by atoms with van der Waals surface area (Å²) in [5.41, 5.74) is 5.66. The Labute approximate surface area is 265 Å². The number of ether oxygens (including phenoxy) is 1. The zero-order valence-electron chi connectivity index (χ0n) is 24.4. The molecule has 2 amide bonds. The highest BCUT2D eigenvalue weighted by molar-refractivity contribution is 7.15. The molecule has 12 heteroatoms. The summed E-state index contributed by atoms with van der Waals surface area (Å²) in [5, 5.41) is 9.13. The van der Waals surface area contributed by atoms with Crippen LogP contribution in [0.5, 0.6) is 0 Å². The van der Waals surface area contributed by atoms with E-state index in [4.69, 9.17) is 4.74 Å². The first-order valence-electron chi connectivity index (χ1n) is 14.8. The summed E-state index contributed by atoms with van der Waals surface area (Å²) in [6.07, 6.45) is 3.31. The number of rotatable bonds is 7. The number of hydrogen-bond acceptors (Lipinski definition) is 6. The Balaban J connectivity index is 1.07. The number of benzene rings is 2. The van der Waals surface area contributed by atoms with Crippen molar-refractivity contribution in [3.05, 3.63) is 106 Å². The lowest BCUT2D eigenvalue weighted by atomic mass is 9.87. The predicted octanol–water partition coefficient (Wildman–Crippen LogP) is 7.06. The van der Waals surface area contributed by atoms with Crippen molar-refractivity contribution in [2.75, 3.05) is 6.61 Å². The van der Waals surface area contributed by atoms with Crippen LogP contribution in [0.15, 0.2) is 79.6 Å². The fraction of sp³-hybridized carbons (Fsp3) is 0.235. The van der Waals surface area contributed by atoms with Gasteiger partial charge in [-0.2, -0.15) is 5.10 Å². The van der Waals surface area contributed by atoms with Crippen LogP contribution in [0.3, 0.4) is 0 Å². The van der Waals surface area contributed by atoms with Gasteiger partial charge in [-0.15, -0.1) is 11.3 Å². The number of carbonyl (C=O) groups is 2. The lowest BCUT2D eigenvalue weighted by Crippen LogP contribution is -2.62. The van der Waals surface area contributed by atoms with Crippen LogP contribution < -0.4 is 10.6 Å². The molecule has 0 radical (unpaired) electrons. The normalized spacial score (nSPS) is 18.5. The summed E-state index contributed by atoms with van der Waals surface area (Å²) < 4.78 is 51.2. The summed E-state index contributed by atoms with van der Waals surface area (Å²) >= 11 is 0.983. The van der Waals surface area contributed by atoms with Crippen LogP contribution in [-0.2, 0) is 4.74 Å². The van der Waals surface area contributed by atoms with E-state index < -0.39 is 42.2 Å². The van der Waals surface area contributed by atoms with Gasteiger partial charge in [0.2, 0.25) is 0 Å². The highest BCUT2D eigenvalue weighted by Gasteiger charge is 2.49. The number of carbonyl (C=O) groups excluding carboxylic acids is 2. The standard InChI is InChI=1S/C34H28F3N5O3S/c1-2-28-29(24-16-38-42-17-19(35)13-14-27(24)42)40-32(46-28)31(43)41-30-26(12-7-15-34(30,36)37)39-33(44)45-18-25-22-10-5-3-8-20(22)21-9-4-6-11-23(21)25/h2-6,8-11,13-14,16-17,25-26,30H,1,7,12,15,18H2,(H,39,44)(H,41,43)/t26?,30-/m1/s1. The molecule has 1 unspecified atom stereocenters. The first-order valence-corrected chi connectivity index (χ1v) is 15.6. The van der Waals surface area contributed by atoms with Gasteiger partial charge in [0.05, 0.1) is 34.5 Å². The second-order valence-corrected chi connectivity index (χ2v) is 12.4. The minimum Gasteiger partial charge on any atom is -0.449 e. The zero-order chi connectivity index (χ0) is 32.0. The molecule has 2 aliphatic rings. The third-order valence-corrected chi connectivity index (χ3v) is 9.63. The molecule has 46 heavy (non-hydrogen) atoms. The Kier molecular flexibility index (Phi) is 7.59. The van der Waals surface area contributed by atoms with Gasteiger partial charge in [-0.05, 0) is 53.3 Å². The molecule has 8 nitrogen and oxygen atoms in total. The van der Waals surface area contributed by atoms with Gasteiger partial charge >= 0.3 is 6.09 Å². The summed E-state index contributed by atoms with van der Waals surface area (Å²) in [6, 6.07) is 15.8. The first-order chi connectivity index (χ1) is 22.2. The molecule has 5 aromatic rings. The van der Waals surface area contributed by atoms with E-state index in [1.807, 2.05) is 48.5 Å². The van der Waals surface area contributed by atoms with Gasteiger partial charge in [0.1, 0.15) is 18.5 Å². The maximum Gasteiger partial charge on any atom is 0.407 e. The number of pyridine rings is 1. The molecule has 2 aliphatic carbocycles. The van der Waals surface area contributed by atoms with Gasteiger partial charge in [-0.3, -0.25) is 4.79 Å². The zero-order valence-corrected chi connectivity index (χ0v) is 25.2. The van der Waals surface area contributed by atoms with Crippen molar-refractivity contribution in [3.8, 4) is 22.4 Å². The number of amides is 2. The van der Waals surface area contributed by atoms with E-state index in [0.717, 1.165) is 33.6 Å². The van der Waals surface area contributed by atoms with Crippen LogP contribution >= 0.6 is 11.3 Å². The molecule has 0 saturated heterocycles. The average Bonchev–Trinajstić information content (AvgIpc) is 3.75. The van der Waals surface area contributed by atoms with Gasteiger partial charge < -0.3 is 15.4 Å². The summed E-state index contributed by atoms with van der Waals surface area (Å²) in [7, 11) is 0. The van der Waals surface area contributed by atoms with Crippen LogP contribution in [0.1, 0.15) is 51.0 Å². The maximum atomic E-state index is 15.3. The van der Waals surface area contributed by atoms with Crippen LogP contribution in [0.4, 0.5) is 18.0 Å². The lowest BCUT2D eigenvalue weighted by Gasteiger charge is -2.38. The summed E-state index contributed by atoms with van der Waals surface area (Å²) in [4.78, 5) is 31.3. The number of fused-ring (bicyclic) bond motifs is 4. The van der Waals surface area contributed by atoms with Crippen molar-refractivity contribution in [2.45, 2.75) is 43.2 Å². The second-order valence-electron chi connectivity index (χ2n) is 11.4. The molecule has 234 valence electrons. The van der Waals surface area contributed by atoms with E-state index in [1.54, 1.807) is 0 Å². The fourth-order valence-corrected chi connectivity index (χ4v) is 7.26. The minimum atomic E-state index is -3.29. The smallest absolute Gasteiger partial charge is 0.407 e. The molecule has 1 fully saturated rings. The van der Waals surface area contributed by atoms with Crippen molar-refractivity contribution in [3.63, 3.8) is 0 Å². The topological polar surface area (TPSA) is 97.6 Å². The summed E-state index contributed by atoms with van der Waals surface area (Å²) in [5.74, 6) is -4.76. The highest BCUT2D eigenvalue weighted by Crippen LogP contribution is 2.44. The van der Waals surface area contributed by atoms with E-state index in [0.29, 0.717) is 21.7 Å². The maximum absolute atomic E-state index is 15.3. The Bertz CT molecular complexity index is 1940. The van der Waals surface area contributed by atoms with Gasteiger partial charge in [0, 0.05) is 17.9 Å². The number of hydrogen-bond donors (Lipinski definition) is 2. The average molecular weight is 644 g/mol. The van der Waals surface area contributed by atoms with Crippen molar-refractivity contribution < 1.29 is 27.5 Å². The van der Waals surface area contributed by atoms with Gasteiger partial charge in [-0.1, -0.05) is 55.1 Å². The number of nitrogens with one attached hydrogen (secondary N) is 2. The molecular weight excluding hydrogens is 615 g/mol. The number of aromatic nitrogens is 3. The van der Waals surface area contributed by atoms with Crippen molar-refractivity contribution >= 4 is 34.9 Å². The number of halogens is 3. The summed E-state index contributed by atoms with van der Waals surface area (Å²) in [6.45, 7) is 3.82. The third kappa shape index (κ3) is 5.32. The van der Waals surface area contributed by atoms with Crippen LogP contribution in [0.25, 0.3) is 34.0 Å². The van der Waals surface area contributed by atoms with Crippen LogP contribution in [0.2, 0.25) is 0 Å². The number of alkyl halides is 2. The Morgan fingerprint density at radius 3 is 2.48 bits per heavy atom. The molecule has 0 bridgehead atoms. The van der Waals surface area contributed by atoms with E-state index in [2.05, 4.69) is 27.3 Å². The van der Waals surface area contributed by atoms with Crippen molar-refractivity contribution in [1.82, 2.24) is 25.2 Å². The van der Waals surface area contributed by atoms with E-state index in [-0.39, 0.29) is 30.4 Å². The Hall–Kier alpha value is -4.97. The third-order valence-electron chi connectivity index (χ3n) is 8.58. The molecule has 2 aromatic carbocycles. The molecular formula is C34H28F3N5O3S.